The second-order valence-electron chi connectivity index (χ2n) is 10.7. The number of likely N-dealkylation sites (tertiary alicyclic amines) is 1. The standard InChI is InChI=1S/C27H31B2FN4O8/c30-24(35)22(31)3-1-2-8-32-26(37)23-11-19(33-25(36)15-4-6-17-13-41-28(39)20(17)9-15)12-34(23)27(38)16-5-7-18-14-42-29(40)21(18)10-16/h4-7,9-10,19,22-23,39-40H,1-3,8,11-14,31H2,(H,32,37)(H,33,36)/t19-,22?,23?/m1/s1. The summed E-state index contributed by atoms with van der Waals surface area (Å²) >= 11 is 0. The normalized spacial score (nSPS) is 19.9. The van der Waals surface area contributed by atoms with E-state index in [2.05, 4.69) is 10.6 Å². The molecule has 2 aromatic carbocycles. The van der Waals surface area contributed by atoms with Crippen molar-refractivity contribution in [3.8, 4) is 0 Å². The molecule has 0 radical (unpaired) electrons. The average Bonchev–Trinajstić information content (AvgIpc) is 3.68. The van der Waals surface area contributed by atoms with Gasteiger partial charge in [-0.3, -0.25) is 19.2 Å². The van der Waals surface area contributed by atoms with Gasteiger partial charge in [0.25, 0.3) is 11.8 Å². The molecule has 3 atom stereocenters. The first-order chi connectivity index (χ1) is 20.1. The lowest BCUT2D eigenvalue weighted by atomic mass is 9.78. The van der Waals surface area contributed by atoms with E-state index in [9.17, 15) is 33.6 Å². The minimum Gasteiger partial charge on any atom is -0.423 e. The van der Waals surface area contributed by atoms with Gasteiger partial charge in [0, 0.05) is 30.3 Å². The third kappa shape index (κ3) is 6.40. The largest absolute Gasteiger partial charge is 0.491 e. The topological polar surface area (TPSA) is 181 Å². The van der Waals surface area contributed by atoms with Gasteiger partial charge in [-0.05, 0) is 72.0 Å². The fourth-order valence-corrected chi connectivity index (χ4v) is 5.48. The maximum atomic E-state index is 13.6. The van der Waals surface area contributed by atoms with Crippen LogP contribution in [-0.2, 0) is 32.1 Å². The molecule has 1 saturated heterocycles. The van der Waals surface area contributed by atoms with Gasteiger partial charge in [-0.15, -0.1) is 0 Å². The van der Waals surface area contributed by atoms with Gasteiger partial charge in [0.05, 0.1) is 19.3 Å². The van der Waals surface area contributed by atoms with E-state index < -0.39 is 56.1 Å². The van der Waals surface area contributed by atoms with Crippen LogP contribution in [0.4, 0.5) is 4.39 Å². The van der Waals surface area contributed by atoms with Crippen molar-refractivity contribution in [2.75, 3.05) is 13.1 Å². The maximum absolute atomic E-state index is 13.6. The summed E-state index contributed by atoms with van der Waals surface area (Å²) in [5.41, 5.74) is 8.53. The van der Waals surface area contributed by atoms with Crippen LogP contribution >= 0.6 is 0 Å². The number of unbranched alkanes of at least 4 members (excludes halogenated alkanes) is 1. The molecule has 2 aromatic rings. The van der Waals surface area contributed by atoms with Crippen molar-refractivity contribution >= 4 is 48.9 Å². The molecule has 3 aliphatic heterocycles. The molecular weight excluding hydrogens is 549 g/mol. The van der Waals surface area contributed by atoms with Gasteiger partial charge in [-0.25, -0.2) is 0 Å². The van der Waals surface area contributed by atoms with Crippen LogP contribution in [0.1, 0.15) is 57.5 Å². The van der Waals surface area contributed by atoms with E-state index in [0.717, 1.165) is 11.1 Å². The van der Waals surface area contributed by atoms with Crippen molar-refractivity contribution < 1.29 is 42.9 Å². The lowest BCUT2D eigenvalue weighted by Gasteiger charge is -2.24. The molecule has 3 heterocycles. The Hall–Kier alpha value is -3.62. The first kappa shape index (κ1) is 29.9. The molecule has 5 rings (SSSR count). The zero-order valence-corrected chi connectivity index (χ0v) is 22.8. The molecule has 12 nitrogen and oxygen atoms in total. The van der Waals surface area contributed by atoms with Gasteiger partial charge in [-0.1, -0.05) is 12.1 Å². The lowest BCUT2D eigenvalue weighted by molar-refractivity contribution is -0.131. The maximum Gasteiger partial charge on any atom is 0.491 e. The SMILES string of the molecule is NC(CCCCNC(=O)C1C[C@@H](NC(=O)c2ccc3c(c2)B(O)OC3)CN1C(=O)c1ccc2c(c1)B(O)OC2)C(=O)F. The fourth-order valence-electron chi connectivity index (χ4n) is 5.48. The Morgan fingerprint density at radius 3 is 2.26 bits per heavy atom. The molecule has 15 heteroatoms. The van der Waals surface area contributed by atoms with Crippen molar-refractivity contribution in [1.82, 2.24) is 15.5 Å². The van der Waals surface area contributed by atoms with E-state index in [1.807, 2.05) is 0 Å². The van der Waals surface area contributed by atoms with E-state index in [1.165, 1.54) is 4.90 Å². The molecule has 0 aliphatic carbocycles. The Morgan fingerprint density at radius 1 is 1.00 bits per heavy atom. The van der Waals surface area contributed by atoms with Gasteiger partial charge in [0.15, 0.2) is 0 Å². The van der Waals surface area contributed by atoms with Crippen molar-refractivity contribution in [2.45, 2.75) is 57.0 Å². The Morgan fingerprint density at radius 2 is 1.62 bits per heavy atom. The smallest absolute Gasteiger partial charge is 0.423 e. The summed E-state index contributed by atoms with van der Waals surface area (Å²) < 4.78 is 23.1. The quantitative estimate of drug-likeness (QED) is 0.124. The zero-order valence-electron chi connectivity index (χ0n) is 22.8. The number of rotatable bonds is 10. The van der Waals surface area contributed by atoms with Crippen LogP contribution in [-0.4, -0.2) is 84.2 Å². The molecule has 0 aromatic heterocycles. The van der Waals surface area contributed by atoms with Crippen LogP contribution in [0.15, 0.2) is 36.4 Å². The van der Waals surface area contributed by atoms with E-state index >= 15 is 0 Å². The molecule has 0 saturated carbocycles. The number of nitrogens with zero attached hydrogens (tertiary/aromatic N) is 1. The van der Waals surface area contributed by atoms with Crippen LogP contribution in [0.5, 0.6) is 0 Å². The van der Waals surface area contributed by atoms with Gasteiger partial charge in [0.2, 0.25) is 5.91 Å². The van der Waals surface area contributed by atoms with E-state index in [1.54, 1.807) is 36.4 Å². The summed E-state index contributed by atoms with van der Waals surface area (Å²) in [5.74, 6) is -1.29. The number of fused-ring (bicyclic) bond motifs is 2. The first-order valence-electron chi connectivity index (χ1n) is 13.8. The van der Waals surface area contributed by atoms with Gasteiger partial charge < -0.3 is 40.6 Å². The Bertz CT molecular complexity index is 1400. The zero-order chi connectivity index (χ0) is 30.0. The third-order valence-corrected chi connectivity index (χ3v) is 7.86. The number of hydrogen-bond acceptors (Lipinski definition) is 9. The summed E-state index contributed by atoms with van der Waals surface area (Å²) in [4.78, 5) is 52.1. The van der Waals surface area contributed by atoms with Crippen LogP contribution in [0.25, 0.3) is 0 Å². The average molecular weight is 580 g/mol. The summed E-state index contributed by atoms with van der Waals surface area (Å²) in [5, 5.41) is 25.8. The predicted molar refractivity (Wildman–Crippen MR) is 149 cm³/mol. The predicted octanol–water partition coefficient (Wildman–Crippen LogP) is -1.75. The fraction of sp³-hybridized carbons (Fsp3) is 0.407. The highest BCUT2D eigenvalue weighted by Crippen LogP contribution is 2.23. The van der Waals surface area contributed by atoms with Crippen LogP contribution in [0, 0.1) is 0 Å². The lowest BCUT2D eigenvalue weighted by Crippen LogP contribution is -2.46. The number of halogens is 1. The molecular formula is C27H31B2FN4O8. The highest BCUT2D eigenvalue weighted by atomic mass is 19.1. The molecule has 3 aliphatic rings. The number of hydrogen-bond donors (Lipinski definition) is 5. The summed E-state index contributed by atoms with van der Waals surface area (Å²) in [6.07, 6.45) is 1.16. The Labute approximate surface area is 242 Å². The van der Waals surface area contributed by atoms with Crippen molar-refractivity contribution in [3.63, 3.8) is 0 Å². The van der Waals surface area contributed by atoms with Crippen molar-refractivity contribution in [1.29, 1.82) is 0 Å². The molecule has 2 unspecified atom stereocenters. The van der Waals surface area contributed by atoms with Gasteiger partial charge >= 0.3 is 20.3 Å². The second kappa shape index (κ2) is 12.7. The van der Waals surface area contributed by atoms with Crippen molar-refractivity contribution in [2.24, 2.45) is 5.73 Å². The van der Waals surface area contributed by atoms with E-state index in [-0.39, 0.29) is 44.7 Å². The van der Waals surface area contributed by atoms with E-state index in [0.29, 0.717) is 29.3 Å². The number of nitrogens with one attached hydrogen (secondary N) is 2. The third-order valence-electron chi connectivity index (χ3n) is 7.86. The minimum atomic E-state index is -1.58. The van der Waals surface area contributed by atoms with Crippen LogP contribution in [0.3, 0.4) is 0 Å². The number of carbonyl (C=O) groups is 4. The highest BCUT2D eigenvalue weighted by Gasteiger charge is 2.41. The Kier molecular flexibility index (Phi) is 9.04. The Balaban J connectivity index is 1.27. The van der Waals surface area contributed by atoms with Gasteiger partial charge in [0.1, 0.15) is 6.04 Å². The minimum absolute atomic E-state index is 0.0585. The molecule has 0 bridgehead atoms. The number of benzene rings is 2. The van der Waals surface area contributed by atoms with Crippen LogP contribution < -0.4 is 27.3 Å². The van der Waals surface area contributed by atoms with E-state index in [4.69, 9.17) is 15.0 Å². The molecule has 3 amide bonds. The number of nitrogens with two attached hydrogens (primary N) is 1. The molecule has 6 N–H and O–H groups in total. The van der Waals surface area contributed by atoms with Gasteiger partial charge in [-0.2, -0.15) is 4.39 Å². The van der Waals surface area contributed by atoms with Crippen molar-refractivity contribution in [3.05, 3.63) is 58.7 Å². The summed E-state index contributed by atoms with van der Waals surface area (Å²) in [6.45, 7) is 0.762. The summed E-state index contributed by atoms with van der Waals surface area (Å²) in [7, 11) is -2.25. The number of carbonyl (C=O) groups excluding carboxylic acids is 4. The summed E-state index contributed by atoms with van der Waals surface area (Å²) in [6, 6.07) is 5.52. The molecule has 220 valence electrons. The molecule has 42 heavy (non-hydrogen) atoms. The monoisotopic (exact) mass is 580 g/mol. The number of amides is 3. The molecule has 0 spiro atoms. The molecule has 1 fully saturated rings. The highest BCUT2D eigenvalue weighted by molar-refractivity contribution is 6.62. The first-order valence-corrected chi connectivity index (χ1v) is 13.8. The van der Waals surface area contributed by atoms with Crippen LogP contribution in [0.2, 0.25) is 0 Å². The second-order valence-corrected chi connectivity index (χ2v) is 10.7.